The minimum atomic E-state index is 0.515. The molecule has 0 spiro atoms. The van der Waals surface area contributed by atoms with Gasteiger partial charge in [0.15, 0.2) is 5.96 Å². The normalized spacial score (nSPS) is 21.8. The highest BCUT2D eigenvalue weighted by Crippen LogP contribution is 2.29. The van der Waals surface area contributed by atoms with Crippen LogP contribution in [0, 0.1) is 23.2 Å². The molecule has 2 N–H and O–H groups in total. The molecule has 0 heterocycles. The van der Waals surface area contributed by atoms with Gasteiger partial charge in [-0.3, -0.25) is 4.99 Å². The van der Waals surface area contributed by atoms with Crippen LogP contribution >= 0.6 is 0 Å². The first-order chi connectivity index (χ1) is 11.1. The number of aliphatic imine (C=N–C) groups is 1. The van der Waals surface area contributed by atoms with Crippen molar-refractivity contribution in [3.63, 3.8) is 0 Å². The Hall–Kier alpha value is -2.02. The van der Waals surface area contributed by atoms with E-state index in [1.54, 1.807) is 7.05 Å². The number of guanidine groups is 1. The molecule has 0 saturated heterocycles. The van der Waals surface area contributed by atoms with Gasteiger partial charge >= 0.3 is 0 Å². The van der Waals surface area contributed by atoms with Gasteiger partial charge in [0, 0.05) is 19.6 Å². The van der Waals surface area contributed by atoms with Gasteiger partial charge in [-0.05, 0) is 55.2 Å². The van der Waals surface area contributed by atoms with Gasteiger partial charge < -0.3 is 10.6 Å². The molecule has 0 atom stereocenters. The molecule has 4 heteroatoms. The molecule has 0 bridgehead atoms. The summed E-state index contributed by atoms with van der Waals surface area (Å²) in [6, 6.07) is 10.4. The van der Waals surface area contributed by atoms with E-state index in [-0.39, 0.29) is 0 Å². The van der Waals surface area contributed by atoms with Crippen molar-refractivity contribution in [2.24, 2.45) is 16.8 Å². The van der Waals surface area contributed by atoms with E-state index in [1.807, 2.05) is 24.3 Å². The number of nitriles is 1. The molecule has 1 aromatic carbocycles. The topological polar surface area (TPSA) is 60.2 Å². The highest BCUT2D eigenvalue weighted by Gasteiger charge is 2.23. The van der Waals surface area contributed by atoms with Gasteiger partial charge in [0.1, 0.15) is 0 Å². The summed E-state index contributed by atoms with van der Waals surface area (Å²) < 4.78 is 0. The summed E-state index contributed by atoms with van der Waals surface area (Å²) in [6.45, 7) is 5.33. The lowest BCUT2D eigenvalue weighted by molar-refractivity contribution is 0.250. The Morgan fingerprint density at radius 2 is 2.04 bits per heavy atom. The van der Waals surface area contributed by atoms with Crippen LogP contribution in [0.25, 0.3) is 0 Å². The van der Waals surface area contributed by atoms with Crippen molar-refractivity contribution >= 4 is 5.96 Å². The molecule has 1 aliphatic carbocycles. The Morgan fingerprint density at radius 1 is 1.30 bits per heavy atom. The Balaban J connectivity index is 1.81. The zero-order valence-corrected chi connectivity index (χ0v) is 14.5. The van der Waals surface area contributed by atoms with Gasteiger partial charge in [0.2, 0.25) is 0 Å². The second-order valence-corrected chi connectivity index (χ2v) is 6.74. The molecule has 2 rings (SSSR count). The van der Waals surface area contributed by atoms with Crippen LogP contribution in [0.2, 0.25) is 0 Å². The SMILES string of the molecule is CN=C(NCc1cccc(C#N)c1)NC1CCC(C(C)C)CC1. The molecule has 0 amide bonds. The van der Waals surface area contributed by atoms with Gasteiger partial charge in [-0.1, -0.05) is 26.0 Å². The first-order valence-corrected chi connectivity index (χ1v) is 8.58. The average molecular weight is 312 g/mol. The summed E-state index contributed by atoms with van der Waals surface area (Å²) in [5.74, 6) is 2.51. The summed E-state index contributed by atoms with van der Waals surface area (Å²) in [4.78, 5) is 4.32. The summed E-state index contributed by atoms with van der Waals surface area (Å²) in [5.41, 5.74) is 1.79. The molecular weight excluding hydrogens is 284 g/mol. The highest BCUT2D eigenvalue weighted by atomic mass is 15.2. The van der Waals surface area contributed by atoms with E-state index in [4.69, 9.17) is 5.26 Å². The quantitative estimate of drug-likeness (QED) is 0.661. The van der Waals surface area contributed by atoms with Crippen LogP contribution in [0.5, 0.6) is 0 Å². The van der Waals surface area contributed by atoms with Crippen LogP contribution in [-0.4, -0.2) is 19.0 Å². The maximum Gasteiger partial charge on any atom is 0.191 e. The van der Waals surface area contributed by atoms with Crippen molar-refractivity contribution in [3.05, 3.63) is 35.4 Å². The Bertz CT molecular complexity index is 563. The third-order valence-electron chi connectivity index (χ3n) is 4.80. The Labute approximate surface area is 140 Å². The van der Waals surface area contributed by atoms with Gasteiger partial charge in [-0.15, -0.1) is 0 Å². The zero-order chi connectivity index (χ0) is 16.7. The molecule has 1 fully saturated rings. The highest BCUT2D eigenvalue weighted by molar-refractivity contribution is 5.79. The second kappa shape index (κ2) is 8.57. The Morgan fingerprint density at radius 3 is 2.65 bits per heavy atom. The standard InChI is InChI=1S/C19H28N4/c1-14(2)17-7-9-18(10-8-17)23-19(21-3)22-13-16-6-4-5-15(11-16)12-20/h4-6,11,14,17-18H,7-10,13H2,1-3H3,(H2,21,22,23). The van der Waals surface area contributed by atoms with Crippen molar-refractivity contribution in [1.82, 2.24) is 10.6 Å². The molecule has 0 aromatic heterocycles. The predicted octanol–water partition coefficient (Wildman–Crippen LogP) is 3.44. The van der Waals surface area contributed by atoms with Gasteiger partial charge in [-0.25, -0.2) is 0 Å². The third-order valence-corrected chi connectivity index (χ3v) is 4.80. The molecule has 1 saturated carbocycles. The van der Waals surface area contributed by atoms with Crippen LogP contribution in [-0.2, 0) is 6.54 Å². The smallest absolute Gasteiger partial charge is 0.191 e. The van der Waals surface area contributed by atoms with Crippen molar-refractivity contribution < 1.29 is 0 Å². The number of rotatable bonds is 4. The average Bonchev–Trinajstić information content (AvgIpc) is 2.59. The predicted molar refractivity (Wildman–Crippen MR) is 95.1 cm³/mol. The zero-order valence-electron chi connectivity index (χ0n) is 14.5. The molecule has 0 unspecified atom stereocenters. The fourth-order valence-electron chi connectivity index (χ4n) is 3.25. The minimum Gasteiger partial charge on any atom is -0.354 e. The molecule has 124 valence electrons. The van der Waals surface area contributed by atoms with Crippen molar-refractivity contribution in [1.29, 1.82) is 5.26 Å². The first-order valence-electron chi connectivity index (χ1n) is 8.58. The molecule has 23 heavy (non-hydrogen) atoms. The maximum absolute atomic E-state index is 8.96. The summed E-state index contributed by atoms with van der Waals surface area (Å²) in [7, 11) is 1.81. The monoisotopic (exact) mass is 312 g/mol. The largest absolute Gasteiger partial charge is 0.354 e. The van der Waals surface area contributed by atoms with E-state index < -0.39 is 0 Å². The number of nitrogens with zero attached hydrogens (tertiary/aromatic N) is 2. The van der Waals surface area contributed by atoms with Crippen molar-refractivity contribution in [2.45, 2.75) is 52.1 Å². The molecule has 4 nitrogen and oxygen atoms in total. The fourth-order valence-corrected chi connectivity index (χ4v) is 3.25. The molecule has 1 aromatic rings. The van der Waals surface area contributed by atoms with E-state index in [2.05, 4.69) is 35.5 Å². The second-order valence-electron chi connectivity index (χ2n) is 6.74. The van der Waals surface area contributed by atoms with E-state index in [0.717, 1.165) is 23.4 Å². The van der Waals surface area contributed by atoms with E-state index in [1.165, 1.54) is 25.7 Å². The lowest BCUT2D eigenvalue weighted by Gasteiger charge is -2.32. The lowest BCUT2D eigenvalue weighted by atomic mass is 9.80. The van der Waals surface area contributed by atoms with Gasteiger partial charge in [0.25, 0.3) is 0 Å². The number of benzene rings is 1. The summed E-state index contributed by atoms with van der Waals surface area (Å²) in [5, 5.41) is 15.8. The summed E-state index contributed by atoms with van der Waals surface area (Å²) in [6.07, 6.45) is 5.04. The lowest BCUT2D eigenvalue weighted by Crippen LogP contribution is -2.44. The van der Waals surface area contributed by atoms with E-state index >= 15 is 0 Å². The van der Waals surface area contributed by atoms with Crippen molar-refractivity contribution in [2.75, 3.05) is 7.05 Å². The minimum absolute atomic E-state index is 0.515. The van der Waals surface area contributed by atoms with Crippen LogP contribution in [0.1, 0.15) is 50.7 Å². The Kier molecular flexibility index (Phi) is 6.46. The molecule has 0 aliphatic heterocycles. The third kappa shape index (κ3) is 5.28. The number of hydrogen-bond acceptors (Lipinski definition) is 2. The number of nitrogens with one attached hydrogen (secondary N) is 2. The van der Waals surface area contributed by atoms with Crippen LogP contribution < -0.4 is 10.6 Å². The van der Waals surface area contributed by atoms with Gasteiger partial charge in [0.05, 0.1) is 11.6 Å². The van der Waals surface area contributed by atoms with Gasteiger partial charge in [-0.2, -0.15) is 5.26 Å². The maximum atomic E-state index is 8.96. The van der Waals surface area contributed by atoms with E-state index in [9.17, 15) is 0 Å². The molecular formula is C19H28N4. The van der Waals surface area contributed by atoms with Crippen molar-refractivity contribution in [3.8, 4) is 6.07 Å². The van der Waals surface area contributed by atoms with Crippen LogP contribution in [0.15, 0.2) is 29.3 Å². The summed E-state index contributed by atoms with van der Waals surface area (Å²) >= 11 is 0. The van der Waals surface area contributed by atoms with E-state index in [0.29, 0.717) is 18.2 Å². The molecule has 1 aliphatic rings. The molecule has 0 radical (unpaired) electrons. The fraction of sp³-hybridized carbons (Fsp3) is 0.579. The first kappa shape index (κ1) is 17.3. The van der Waals surface area contributed by atoms with Crippen LogP contribution in [0.4, 0.5) is 0 Å². The number of hydrogen-bond donors (Lipinski definition) is 2. The van der Waals surface area contributed by atoms with Crippen LogP contribution in [0.3, 0.4) is 0 Å².